The van der Waals surface area contributed by atoms with Crippen LogP contribution in [0.1, 0.15) is 16.7 Å². The van der Waals surface area contributed by atoms with Crippen molar-refractivity contribution >= 4 is 5.57 Å². The maximum atomic E-state index is 5.26. The zero-order valence-corrected chi connectivity index (χ0v) is 17.6. The summed E-state index contributed by atoms with van der Waals surface area (Å²) in [5, 5.41) is 18.8. The summed E-state index contributed by atoms with van der Waals surface area (Å²) in [5.41, 5.74) is 4.05. The minimum Gasteiger partial charge on any atom is -0.497 e. The zero-order chi connectivity index (χ0) is 21.1. The van der Waals surface area contributed by atoms with Crippen molar-refractivity contribution in [1.82, 2.24) is 35.5 Å². The van der Waals surface area contributed by atoms with E-state index < -0.39 is 5.66 Å². The van der Waals surface area contributed by atoms with E-state index in [0.717, 1.165) is 48.6 Å². The highest BCUT2D eigenvalue weighted by molar-refractivity contribution is 5.74. The first-order chi connectivity index (χ1) is 15.3. The molecule has 5 rings (SSSR count). The molecule has 1 unspecified atom stereocenters. The summed E-state index contributed by atoms with van der Waals surface area (Å²) in [6.07, 6.45) is 14.3. The molecule has 0 bridgehead atoms. The molecule has 0 spiro atoms. The molecule has 1 fully saturated rings. The normalized spacial score (nSPS) is 21.5. The highest BCUT2D eigenvalue weighted by Gasteiger charge is 2.38. The van der Waals surface area contributed by atoms with Crippen molar-refractivity contribution in [2.75, 3.05) is 33.3 Å². The molecule has 4 heterocycles. The van der Waals surface area contributed by atoms with Gasteiger partial charge in [0.25, 0.3) is 0 Å². The van der Waals surface area contributed by atoms with Crippen LogP contribution in [0.25, 0.3) is 5.57 Å². The van der Waals surface area contributed by atoms with Crippen LogP contribution >= 0.6 is 0 Å². The van der Waals surface area contributed by atoms with E-state index in [0.29, 0.717) is 6.54 Å². The van der Waals surface area contributed by atoms with Gasteiger partial charge >= 0.3 is 0 Å². The molecule has 0 aliphatic carbocycles. The predicted molar refractivity (Wildman–Crippen MR) is 119 cm³/mol. The third kappa shape index (κ3) is 3.87. The summed E-state index contributed by atoms with van der Waals surface area (Å²) in [6.45, 7) is 4.55. The van der Waals surface area contributed by atoms with Crippen molar-refractivity contribution in [2.45, 2.75) is 12.2 Å². The quantitative estimate of drug-likeness (QED) is 0.569. The van der Waals surface area contributed by atoms with Crippen molar-refractivity contribution in [1.29, 1.82) is 0 Å². The number of aromatic nitrogens is 4. The smallest absolute Gasteiger partial charge is 0.140 e. The first kappa shape index (κ1) is 19.6. The molecular weight excluding hydrogens is 390 g/mol. The Hall–Kier alpha value is -3.36. The van der Waals surface area contributed by atoms with Gasteiger partial charge < -0.3 is 15.4 Å². The number of hydrogen-bond acceptors (Lipinski definition) is 6. The predicted octanol–water partition coefficient (Wildman–Crippen LogP) is 1.92. The van der Waals surface area contributed by atoms with Gasteiger partial charge in [-0.05, 0) is 23.8 Å². The minimum absolute atomic E-state index is 0.423. The Labute approximate surface area is 181 Å². The molecule has 1 saturated heterocycles. The molecule has 31 heavy (non-hydrogen) atoms. The van der Waals surface area contributed by atoms with E-state index in [1.165, 1.54) is 5.56 Å². The molecule has 0 radical (unpaired) electrons. The average molecular weight is 418 g/mol. The molecule has 2 aliphatic rings. The zero-order valence-electron chi connectivity index (χ0n) is 17.6. The summed E-state index contributed by atoms with van der Waals surface area (Å²) >= 11 is 0. The number of ether oxygens (including phenoxy) is 1. The van der Waals surface area contributed by atoms with E-state index in [2.05, 4.69) is 67.5 Å². The third-order valence-corrected chi connectivity index (χ3v) is 5.98. The van der Waals surface area contributed by atoms with Gasteiger partial charge in [0.1, 0.15) is 11.4 Å². The maximum Gasteiger partial charge on any atom is 0.140 e. The Kier molecular flexibility index (Phi) is 5.31. The van der Waals surface area contributed by atoms with Gasteiger partial charge in [-0.25, -0.2) is 0 Å². The molecule has 3 N–H and O–H groups in total. The number of hydrogen-bond donors (Lipinski definition) is 3. The SMILES string of the molecule is COc1ccc(Cn2cc(C3(N4CCNCC4)C=CC(c4cn[nH]c4)=CN3)cn2)cc1. The van der Waals surface area contributed by atoms with E-state index in [4.69, 9.17) is 4.74 Å². The number of methoxy groups -OCH3 is 1. The molecule has 160 valence electrons. The van der Waals surface area contributed by atoms with Crippen molar-refractivity contribution in [2.24, 2.45) is 0 Å². The van der Waals surface area contributed by atoms with Gasteiger partial charge in [-0.1, -0.05) is 18.2 Å². The highest BCUT2D eigenvalue weighted by Crippen LogP contribution is 2.33. The molecule has 8 nitrogen and oxygen atoms in total. The molecule has 3 aromatic rings. The number of benzene rings is 1. The van der Waals surface area contributed by atoms with Crippen LogP contribution in [0.5, 0.6) is 5.75 Å². The summed E-state index contributed by atoms with van der Waals surface area (Å²) in [5.74, 6) is 0.860. The number of allylic oxidation sites excluding steroid dienone is 2. The first-order valence-corrected chi connectivity index (χ1v) is 10.5. The lowest BCUT2D eigenvalue weighted by atomic mass is 9.94. The van der Waals surface area contributed by atoms with Crippen molar-refractivity contribution in [3.63, 3.8) is 0 Å². The van der Waals surface area contributed by atoms with Crippen LogP contribution in [0.15, 0.2) is 67.4 Å². The molecule has 8 heteroatoms. The largest absolute Gasteiger partial charge is 0.497 e. The third-order valence-electron chi connectivity index (χ3n) is 5.98. The summed E-state index contributed by atoms with van der Waals surface area (Å²) in [4.78, 5) is 2.47. The molecule has 1 atom stereocenters. The van der Waals surface area contributed by atoms with Crippen LogP contribution < -0.4 is 15.4 Å². The number of piperazine rings is 1. The van der Waals surface area contributed by atoms with Crippen LogP contribution in [0, 0.1) is 0 Å². The van der Waals surface area contributed by atoms with Crippen LogP contribution in [0.2, 0.25) is 0 Å². The van der Waals surface area contributed by atoms with E-state index in [9.17, 15) is 0 Å². The fourth-order valence-corrected chi connectivity index (χ4v) is 4.22. The number of nitrogens with one attached hydrogen (secondary N) is 3. The number of aromatic amines is 1. The summed E-state index contributed by atoms with van der Waals surface area (Å²) in [6, 6.07) is 8.11. The molecule has 2 aromatic heterocycles. The number of H-pyrrole nitrogens is 1. The van der Waals surface area contributed by atoms with Crippen LogP contribution in [0.4, 0.5) is 0 Å². The molecule has 0 amide bonds. The lowest BCUT2D eigenvalue weighted by Gasteiger charge is -2.45. The number of rotatable bonds is 6. The first-order valence-electron chi connectivity index (χ1n) is 10.5. The van der Waals surface area contributed by atoms with Gasteiger partial charge in [0.2, 0.25) is 0 Å². The van der Waals surface area contributed by atoms with E-state index >= 15 is 0 Å². The van der Waals surface area contributed by atoms with Gasteiger partial charge in [0.05, 0.1) is 26.0 Å². The van der Waals surface area contributed by atoms with Gasteiger partial charge in [0.15, 0.2) is 0 Å². The molecular formula is C23H27N7O. The number of nitrogens with zero attached hydrogens (tertiary/aromatic N) is 4. The Morgan fingerprint density at radius 2 is 1.97 bits per heavy atom. The van der Waals surface area contributed by atoms with E-state index in [-0.39, 0.29) is 0 Å². The second-order valence-electron chi connectivity index (χ2n) is 7.84. The lowest BCUT2D eigenvalue weighted by Crippen LogP contribution is -2.59. The van der Waals surface area contributed by atoms with Crippen molar-refractivity contribution < 1.29 is 4.74 Å². The topological polar surface area (TPSA) is 83.0 Å². The molecule has 1 aromatic carbocycles. The van der Waals surface area contributed by atoms with E-state index in [1.807, 2.05) is 35.4 Å². The fraction of sp³-hybridized carbons (Fsp3) is 0.304. The Balaban J connectivity index is 1.42. The Morgan fingerprint density at radius 1 is 1.13 bits per heavy atom. The lowest BCUT2D eigenvalue weighted by molar-refractivity contribution is 0.0922. The molecule has 2 aliphatic heterocycles. The maximum absolute atomic E-state index is 5.26. The van der Waals surface area contributed by atoms with Gasteiger partial charge in [-0.3, -0.25) is 14.7 Å². The van der Waals surface area contributed by atoms with Crippen molar-refractivity contribution in [3.05, 3.63) is 84.1 Å². The number of dihydropyridines is 1. The Bertz CT molecular complexity index is 1060. The monoisotopic (exact) mass is 417 g/mol. The van der Waals surface area contributed by atoms with Crippen LogP contribution in [0.3, 0.4) is 0 Å². The molecule has 0 saturated carbocycles. The minimum atomic E-state index is -0.423. The standard InChI is InChI=1S/C23H27N7O/c1-31-22-4-2-18(3-5-22)16-30-17-21(15-28-30)23(29-10-8-24-9-11-29)7-6-19(12-25-23)20-13-26-27-14-20/h2-7,12-15,17,24-25H,8-11,16H2,1H3,(H,26,27). The average Bonchev–Trinajstić information content (AvgIpc) is 3.53. The summed E-state index contributed by atoms with van der Waals surface area (Å²) < 4.78 is 7.25. The van der Waals surface area contributed by atoms with Gasteiger partial charge in [-0.15, -0.1) is 0 Å². The van der Waals surface area contributed by atoms with Crippen LogP contribution in [-0.2, 0) is 12.2 Å². The van der Waals surface area contributed by atoms with E-state index in [1.54, 1.807) is 7.11 Å². The van der Waals surface area contributed by atoms with Crippen LogP contribution in [-0.4, -0.2) is 58.2 Å². The van der Waals surface area contributed by atoms with Gasteiger partial charge in [0, 0.05) is 61.5 Å². The summed E-state index contributed by atoms with van der Waals surface area (Å²) in [7, 11) is 1.68. The second-order valence-corrected chi connectivity index (χ2v) is 7.84. The fourth-order valence-electron chi connectivity index (χ4n) is 4.22. The van der Waals surface area contributed by atoms with Crippen molar-refractivity contribution in [3.8, 4) is 5.75 Å². The van der Waals surface area contributed by atoms with Gasteiger partial charge in [-0.2, -0.15) is 10.2 Å². The Morgan fingerprint density at radius 3 is 2.65 bits per heavy atom. The second kappa shape index (κ2) is 8.41. The highest BCUT2D eigenvalue weighted by atomic mass is 16.5.